The molecule has 0 radical (unpaired) electrons. The summed E-state index contributed by atoms with van der Waals surface area (Å²) in [5.74, 6) is 0. The van der Waals surface area contributed by atoms with Gasteiger partial charge in [0.25, 0.3) is 0 Å². The van der Waals surface area contributed by atoms with Gasteiger partial charge in [-0.2, -0.15) is 0 Å². The molecular formula is C14H29KO4S. The standard InChI is InChI=1S/C14H30O4S.K/c1-3-5-7-11-14(19(16,17)18)12-8-10-13(15)9-6-4-2;/h13-15H,3-12H2,1-2H3,(H,16,17,18);/q;+1/p-1. The third kappa shape index (κ3) is 13.2. The summed E-state index contributed by atoms with van der Waals surface area (Å²) < 4.78 is 33.5. The topological polar surface area (TPSA) is 77.4 Å². The molecule has 4 nitrogen and oxygen atoms in total. The molecule has 0 aliphatic rings. The molecule has 0 spiro atoms. The van der Waals surface area contributed by atoms with Crippen LogP contribution in [0.4, 0.5) is 0 Å². The molecule has 0 saturated heterocycles. The van der Waals surface area contributed by atoms with Crippen molar-refractivity contribution in [3.05, 3.63) is 0 Å². The molecule has 0 rings (SSSR count). The molecule has 0 heterocycles. The van der Waals surface area contributed by atoms with Gasteiger partial charge in [-0.3, -0.25) is 0 Å². The normalized spacial score (nSPS) is 14.6. The van der Waals surface area contributed by atoms with E-state index in [9.17, 15) is 18.1 Å². The molecule has 6 heteroatoms. The second-order valence-electron chi connectivity index (χ2n) is 5.34. The van der Waals surface area contributed by atoms with Gasteiger partial charge < -0.3 is 9.66 Å². The maximum absolute atomic E-state index is 11.2. The third-order valence-corrected chi connectivity index (χ3v) is 4.78. The molecule has 2 unspecified atom stereocenters. The molecule has 2 atom stereocenters. The Labute approximate surface area is 167 Å². The molecule has 0 aromatic heterocycles. The van der Waals surface area contributed by atoms with Crippen LogP contribution < -0.4 is 51.4 Å². The van der Waals surface area contributed by atoms with Gasteiger partial charge in [-0.05, 0) is 32.1 Å². The van der Waals surface area contributed by atoms with Gasteiger partial charge in [-0.15, -0.1) is 0 Å². The molecule has 0 amide bonds. The smallest absolute Gasteiger partial charge is 0.748 e. The van der Waals surface area contributed by atoms with E-state index in [1.807, 2.05) is 6.92 Å². The number of aliphatic hydroxyl groups excluding tert-OH is 1. The zero-order valence-electron chi connectivity index (χ0n) is 13.3. The van der Waals surface area contributed by atoms with Crippen molar-refractivity contribution in [3.8, 4) is 0 Å². The van der Waals surface area contributed by atoms with Crippen LogP contribution in [0.2, 0.25) is 0 Å². The van der Waals surface area contributed by atoms with Crippen molar-refractivity contribution < 1.29 is 69.5 Å². The fraction of sp³-hybridized carbons (Fsp3) is 1.00. The summed E-state index contributed by atoms with van der Waals surface area (Å²) in [6, 6.07) is 0. The van der Waals surface area contributed by atoms with Crippen LogP contribution in [0.3, 0.4) is 0 Å². The SMILES string of the molecule is CCCCCC(CCCC(O)CCCC)S(=O)(=O)[O-].[K+]. The fourth-order valence-electron chi connectivity index (χ4n) is 2.22. The molecule has 1 N–H and O–H groups in total. The van der Waals surface area contributed by atoms with Crippen LogP contribution in [0.15, 0.2) is 0 Å². The Balaban J connectivity index is 0. The average molecular weight is 333 g/mol. The summed E-state index contributed by atoms with van der Waals surface area (Å²) in [6.07, 6.45) is 7.28. The summed E-state index contributed by atoms with van der Waals surface area (Å²) in [5.41, 5.74) is 0. The Morgan fingerprint density at radius 3 is 1.90 bits per heavy atom. The Hall–Kier alpha value is 1.51. The van der Waals surface area contributed by atoms with E-state index in [4.69, 9.17) is 0 Å². The van der Waals surface area contributed by atoms with Crippen LogP contribution >= 0.6 is 0 Å². The second-order valence-corrected chi connectivity index (χ2v) is 6.99. The predicted molar refractivity (Wildman–Crippen MR) is 77.0 cm³/mol. The molecule has 0 aromatic rings. The molecule has 0 saturated carbocycles. The van der Waals surface area contributed by atoms with Crippen molar-refractivity contribution in [2.24, 2.45) is 0 Å². The van der Waals surface area contributed by atoms with Crippen molar-refractivity contribution in [1.82, 2.24) is 0 Å². The molecule has 0 bridgehead atoms. The summed E-state index contributed by atoms with van der Waals surface area (Å²) >= 11 is 0. The zero-order valence-corrected chi connectivity index (χ0v) is 17.2. The second kappa shape index (κ2) is 14.1. The first kappa shape index (κ1) is 23.8. The average Bonchev–Trinajstić information content (AvgIpc) is 2.33. The van der Waals surface area contributed by atoms with E-state index in [2.05, 4.69) is 6.92 Å². The zero-order chi connectivity index (χ0) is 14.7. The molecule has 0 aromatic carbocycles. The van der Waals surface area contributed by atoms with E-state index in [1.54, 1.807) is 0 Å². The van der Waals surface area contributed by atoms with Crippen molar-refractivity contribution in [3.63, 3.8) is 0 Å². The van der Waals surface area contributed by atoms with Crippen LogP contribution in [-0.2, 0) is 10.1 Å². The maximum atomic E-state index is 11.2. The molecule has 0 fully saturated rings. The van der Waals surface area contributed by atoms with Gasteiger partial charge in [0.2, 0.25) is 0 Å². The van der Waals surface area contributed by atoms with E-state index in [0.29, 0.717) is 25.7 Å². The number of rotatable bonds is 12. The summed E-state index contributed by atoms with van der Waals surface area (Å²) in [4.78, 5) is 0. The first-order chi connectivity index (χ1) is 8.91. The van der Waals surface area contributed by atoms with E-state index in [-0.39, 0.29) is 57.5 Å². The van der Waals surface area contributed by atoms with Gasteiger partial charge in [0.05, 0.1) is 16.2 Å². The predicted octanol–water partition coefficient (Wildman–Crippen LogP) is 0.206. The van der Waals surface area contributed by atoms with Crippen LogP contribution in [0.5, 0.6) is 0 Å². The molecule has 0 aliphatic heterocycles. The largest absolute Gasteiger partial charge is 1.00 e. The van der Waals surface area contributed by atoms with Gasteiger partial charge in [0.1, 0.15) is 0 Å². The van der Waals surface area contributed by atoms with E-state index >= 15 is 0 Å². The quantitative estimate of drug-likeness (QED) is 0.315. The van der Waals surface area contributed by atoms with Crippen LogP contribution in [0, 0.1) is 0 Å². The summed E-state index contributed by atoms with van der Waals surface area (Å²) in [5, 5.41) is 8.92. The molecule has 20 heavy (non-hydrogen) atoms. The van der Waals surface area contributed by atoms with Crippen LogP contribution in [0.1, 0.15) is 78.1 Å². The Kier molecular flexibility index (Phi) is 16.8. The van der Waals surface area contributed by atoms with Gasteiger partial charge in [-0.25, -0.2) is 8.42 Å². The van der Waals surface area contributed by atoms with Crippen LogP contribution in [0.25, 0.3) is 0 Å². The minimum Gasteiger partial charge on any atom is -0.748 e. The van der Waals surface area contributed by atoms with Crippen molar-refractivity contribution >= 4 is 10.1 Å². The number of hydrogen-bond donors (Lipinski definition) is 1. The van der Waals surface area contributed by atoms with Crippen LogP contribution in [-0.4, -0.2) is 29.4 Å². The van der Waals surface area contributed by atoms with E-state index in [0.717, 1.165) is 38.5 Å². The third-order valence-electron chi connectivity index (χ3n) is 3.49. The van der Waals surface area contributed by atoms with Crippen molar-refractivity contribution in [2.75, 3.05) is 0 Å². The first-order valence-corrected chi connectivity index (χ1v) is 9.01. The molecule has 116 valence electrons. The van der Waals surface area contributed by atoms with Crippen molar-refractivity contribution in [2.45, 2.75) is 89.4 Å². The Morgan fingerprint density at radius 2 is 1.40 bits per heavy atom. The summed E-state index contributed by atoms with van der Waals surface area (Å²) in [7, 11) is -4.19. The van der Waals surface area contributed by atoms with Gasteiger partial charge in [0, 0.05) is 5.25 Å². The van der Waals surface area contributed by atoms with Crippen molar-refractivity contribution in [1.29, 1.82) is 0 Å². The van der Waals surface area contributed by atoms with Gasteiger partial charge >= 0.3 is 51.4 Å². The molecular weight excluding hydrogens is 303 g/mol. The van der Waals surface area contributed by atoms with E-state index in [1.165, 1.54) is 0 Å². The van der Waals surface area contributed by atoms with Gasteiger partial charge in [0.15, 0.2) is 0 Å². The molecule has 0 aliphatic carbocycles. The monoisotopic (exact) mass is 332 g/mol. The van der Waals surface area contributed by atoms with Gasteiger partial charge in [-0.1, -0.05) is 46.0 Å². The number of hydrogen-bond acceptors (Lipinski definition) is 4. The number of aliphatic hydroxyl groups is 1. The Bertz CT molecular complexity index is 306. The first-order valence-electron chi connectivity index (χ1n) is 7.54. The summed E-state index contributed by atoms with van der Waals surface area (Å²) in [6.45, 7) is 4.12. The minimum absolute atomic E-state index is 0. The van der Waals surface area contributed by atoms with E-state index < -0.39 is 15.4 Å². The Morgan fingerprint density at radius 1 is 0.900 bits per heavy atom. The maximum Gasteiger partial charge on any atom is 1.00 e. The fourth-order valence-corrected chi connectivity index (χ4v) is 3.13. The minimum atomic E-state index is -4.19. The number of unbranched alkanes of at least 4 members (excludes halogenated alkanes) is 3.